The number of carboxylic acids is 3. The molecular weight excluding hydrogens is 384 g/mol. The molecule has 0 atom stereocenters. The van der Waals surface area contributed by atoms with Gasteiger partial charge in [-0.1, -0.05) is 59.3 Å². The van der Waals surface area contributed by atoms with Gasteiger partial charge in [0.25, 0.3) is 0 Å². The number of carbonyl (C=O) groups is 3. The smallest absolute Gasteiger partial charge is 0.327 e. The Hall–Kier alpha value is -2.31. The summed E-state index contributed by atoms with van der Waals surface area (Å²) < 4.78 is 0. The Morgan fingerprint density at radius 1 is 0.926 bits per heavy atom. The largest absolute Gasteiger partial charge is 0.478 e. The van der Waals surface area contributed by atoms with Crippen LogP contribution in [0.25, 0.3) is 0 Å². The second-order valence-electron chi connectivity index (χ2n) is 5.29. The van der Waals surface area contributed by atoms with Crippen molar-refractivity contribution in [3.63, 3.8) is 0 Å². The van der Waals surface area contributed by atoms with Crippen LogP contribution in [0, 0.1) is 13.8 Å². The minimum atomic E-state index is -0.981. The van der Waals surface area contributed by atoms with Crippen LogP contribution in [0.15, 0.2) is 44.0 Å². The average Bonchev–Trinajstić information content (AvgIpc) is 2.91. The zero-order chi connectivity index (χ0) is 20.7. The number of aryl methyl sites for hydroxylation is 2. The molecule has 27 heavy (non-hydrogen) atoms. The van der Waals surface area contributed by atoms with E-state index in [-0.39, 0.29) is 21.7 Å². The van der Waals surface area contributed by atoms with Crippen LogP contribution < -0.4 is 0 Å². The molecule has 0 amide bonds. The monoisotopic (exact) mass is 411 g/mol. The second-order valence-corrected chi connectivity index (χ2v) is 5.29. The van der Waals surface area contributed by atoms with E-state index in [0.29, 0.717) is 0 Å². The van der Waals surface area contributed by atoms with Crippen LogP contribution in [0.4, 0.5) is 0 Å². The predicted molar refractivity (Wildman–Crippen MR) is 102 cm³/mol. The molecule has 7 heteroatoms. The van der Waals surface area contributed by atoms with E-state index in [1.54, 1.807) is 16.7 Å². The standard InChI is InChI=1S/C11H15.3C3H4O2.Ti/c1-8-7-10-5-3-4-6-11(10)9(8)2;3*1-2-3(4)5;/h7H,3-6H2,1-2H3;3*2H,1H2,(H,4,5);/q-1;;;;. The molecule has 0 aromatic heterocycles. The third kappa shape index (κ3) is 15.6. The molecule has 0 fully saturated rings. The first-order chi connectivity index (χ1) is 12.1. The fourth-order valence-electron chi connectivity index (χ4n) is 2.12. The maximum Gasteiger partial charge on any atom is 0.327 e. The van der Waals surface area contributed by atoms with Crippen molar-refractivity contribution in [2.45, 2.75) is 39.5 Å². The molecule has 0 unspecified atom stereocenters. The molecule has 0 saturated heterocycles. The quantitative estimate of drug-likeness (QED) is 0.398. The zero-order valence-corrected chi connectivity index (χ0v) is 17.4. The van der Waals surface area contributed by atoms with Crippen molar-refractivity contribution in [1.82, 2.24) is 0 Å². The van der Waals surface area contributed by atoms with Crippen molar-refractivity contribution < 1.29 is 51.4 Å². The van der Waals surface area contributed by atoms with Gasteiger partial charge in [-0.2, -0.15) is 22.3 Å². The predicted octanol–water partition coefficient (Wildman–Crippen LogP) is 3.67. The van der Waals surface area contributed by atoms with Crippen LogP contribution in [-0.4, -0.2) is 33.2 Å². The Morgan fingerprint density at radius 2 is 1.26 bits per heavy atom. The maximum absolute atomic E-state index is 9.25. The first-order valence-corrected chi connectivity index (χ1v) is 7.91. The topological polar surface area (TPSA) is 112 Å². The average molecular weight is 411 g/mol. The Bertz CT molecular complexity index is 600. The van der Waals surface area contributed by atoms with Crippen LogP contribution in [0.1, 0.15) is 35.1 Å². The van der Waals surface area contributed by atoms with E-state index in [1.807, 2.05) is 0 Å². The first kappa shape index (κ1) is 29.5. The van der Waals surface area contributed by atoms with E-state index in [2.05, 4.69) is 39.7 Å². The molecule has 0 aliphatic heterocycles. The van der Waals surface area contributed by atoms with Gasteiger partial charge in [0.15, 0.2) is 0 Å². The molecular formula is C20H27O6Ti-. The summed E-state index contributed by atoms with van der Waals surface area (Å²) in [6.07, 6.45) is 7.95. The molecule has 0 bridgehead atoms. The van der Waals surface area contributed by atoms with Gasteiger partial charge in [0.05, 0.1) is 0 Å². The van der Waals surface area contributed by atoms with Crippen LogP contribution in [0.5, 0.6) is 0 Å². The second kappa shape index (κ2) is 17.1. The molecule has 1 aromatic rings. The summed E-state index contributed by atoms with van der Waals surface area (Å²) >= 11 is 0. The Morgan fingerprint density at radius 3 is 1.56 bits per heavy atom. The minimum absolute atomic E-state index is 0. The molecule has 0 heterocycles. The first-order valence-electron chi connectivity index (χ1n) is 7.91. The summed E-state index contributed by atoms with van der Waals surface area (Å²) in [5.74, 6) is -2.94. The van der Waals surface area contributed by atoms with Crippen molar-refractivity contribution in [3.05, 3.63) is 66.3 Å². The fourth-order valence-corrected chi connectivity index (χ4v) is 2.12. The summed E-state index contributed by atoms with van der Waals surface area (Å²) in [5, 5.41) is 22.8. The molecule has 2 rings (SSSR count). The number of aliphatic carboxylic acids is 3. The van der Waals surface area contributed by atoms with Crippen LogP contribution in [0.3, 0.4) is 0 Å². The van der Waals surface area contributed by atoms with Gasteiger partial charge >= 0.3 is 17.9 Å². The van der Waals surface area contributed by atoms with E-state index in [9.17, 15) is 14.4 Å². The molecule has 0 spiro atoms. The number of hydrogen-bond acceptors (Lipinski definition) is 3. The summed E-state index contributed by atoms with van der Waals surface area (Å²) in [7, 11) is 0. The van der Waals surface area contributed by atoms with Gasteiger partial charge in [-0.05, 0) is 0 Å². The molecule has 148 valence electrons. The molecule has 0 radical (unpaired) electrons. The van der Waals surface area contributed by atoms with Crippen LogP contribution in [-0.2, 0) is 48.9 Å². The summed E-state index contributed by atoms with van der Waals surface area (Å²) in [4.78, 5) is 27.8. The van der Waals surface area contributed by atoms with Crippen molar-refractivity contribution in [2.24, 2.45) is 0 Å². The third-order valence-electron chi connectivity index (χ3n) is 3.47. The van der Waals surface area contributed by atoms with Gasteiger partial charge in [0.2, 0.25) is 0 Å². The summed E-state index contributed by atoms with van der Waals surface area (Å²) in [6, 6.07) is 2.38. The van der Waals surface area contributed by atoms with Crippen molar-refractivity contribution >= 4 is 17.9 Å². The van der Waals surface area contributed by atoms with Gasteiger partial charge in [0, 0.05) is 39.9 Å². The summed E-state index contributed by atoms with van der Waals surface area (Å²) in [5.41, 5.74) is 6.34. The number of hydrogen-bond donors (Lipinski definition) is 3. The maximum atomic E-state index is 9.25. The van der Waals surface area contributed by atoms with Crippen molar-refractivity contribution in [1.29, 1.82) is 0 Å². The summed E-state index contributed by atoms with van der Waals surface area (Å²) in [6.45, 7) is 13.4. The van der Waals surface area contributed by atoms with Gasteiger partial charge in [0.1, 0.15) is 0 Å². The van der Waals surface area contributed by atoms with E-state index < -0.39 is 17.9 Å². The number of fused-ring (bicyclic) bond motifs is 1. The van der Waals surface area contributed by atoms with Gasteiger partial charge < -0.3 is 15.3 Å². The van der Waals surface area contributed by atoms with Crippen LogP contribution >= 0.6 is 0 Å². The Labute approximate surface area is 175 Å². The molecule has 1 aliphatic rings. The zero-order valence-electron chi connectivity index (χ0n) is 15.8. The van der Waals surface area contributed by atoms with E-state index in [0.717, 1.165) is 18.2 Å². The number of rotatable bonds is 3. The van der Waals surface area contributed by atoms with Crippen molar-refractivity contribution in [2.75, 3.05) is 0 Å². The molecule has 1 aromatic carbocycles. The third-order valence-corrected chi connectivity index (χ3v) is 3.47. The van der Waals surface area contributed by atoms with Gasteiger partial charge in [-0.25, -0.2) is 20.4 Å². The molecule has 6 nitrogen and oxygen atoms in total. The van der Waals surface area contributed by atoms with Gasteiger partial charge in [-0.15, -0.1) is 0 Å². The molecule has 3 N–H and O–H groups in total. The fraction of sp³-hybridized carbons (Fsp3) is 0.300. The normalized spacial score (nSPS) is 10.3. The Balaban J connectivity index is -0.000000311. The van der Waals surface area contributed by atoms with E-state index >= 15 is 0 Å². The van der Waals surface area contributed by atoms with Crippen LogP contribution in [0.2, 0.25) is 0 Å². The Kier molecular flexibility index (Phi) is 18.7. The number of carboxylic acid groups (broad SMARTS) is 3. The molecule has 1 aliphatic carbocycles. The SMILES string of the molecule is C=CC(=O)O.C=CC(=O)O.C=CC(=O)O.Cc1cc2c([c-]1C)CCCC2.[Ti]. The van der Waals surface area contributed by atoms with Gasteiger partial charge in [-0.3, -0.25) is 0 Å². The molecule has 0 saturated carbocycles. The minimum Gasteiger partial charge on any atom is -0.478 e. The van der Waals surface area contributed by atoms with Crippen molar-refractivity contribution in [3.8, 4) is 0 Å². The van der Waals surface area contributed by atoms with E-state index in [4.69, 9.17) is 15.3 Å². The van der Waals surface area contributed by atoms with E-state index in [1.165, 1.54) is 31.2 Å².